The normalized spacial score (nSPS) is 12.7. The highest BCUT2D eigenvalue weighted by Crippen LogP contribution is 2.35. The van der Waals surface area contributed by atoms with Gasteiger partial charge in [0.05, 0.1) is 23.1 Å². The van der Waals surface area contributed by atoms with E-state index in [0.29, 0.717) is 28.0 Å². The third-order valence-electron chi connectivity index (χ3n) is 5.95. The van der Waals surface area contributed by atoms with Crippen LogP contribution >= 0.6 is 0 Å². The van der Waals surface area contributed by atoms with Crippen LogP contribution in [0.3, 0.4) is 0 Å². The number of sulfonamides is 1. The Bertz CT molecular complexity index is 1650. The number of carbonyl (C=O) groups is 1. The van der Waals surface area contributed by atoms with E-state index in [2.05, 4.69) is 9.72 Å². The third-order valence-corrected chi connectivity index (χ3v) is 7.75. The van der Waals surface area contributed by atoms with Crippen LogP contribution in [0, 0.1) is 5.82 Å². The van der Waals surface area contributed by atoms with Crippen LogP contribution in [0.4, 0.5) is 4.39 Å². The number of carbonyl (C=O) groups excluding carboxylic acids is 1. The number of ether oxygens (including phenoxy) is 3. The maximum atomic E-state index is 13.7. The second-order valence-corrected chi connectivity index (χ2v) is 10.3. The summed E-state index contributed by atoms with van der Waals surface area (Å²) in [6.07, 6.45) is 0. The molecule has 0 saturated heterocycles. The van der Waals surface area contributed by atoms with E-state index in [1.54, 1.807) is 18.2 Å². The van der Waals surface area contributed by atoms with Gasteiger partial charge >= 0.3 is 5.97 Å². The molecule has 1 aliphatic heterocycles. The lowest BCUT2D eigenvalue weighted by Gasteiger charge is -2.22. The highest BCUT2D eigenvalue weighted by atomic mass is 32.2. The molecule has 2 heterocycles. The molecule has 0 saturated carbocycles. The number of hydrogen-bond acceptors (Lipinski definition) is 7. The summed E-state index contributed by atoms with van der Waals surface area (Å²) in [5.41, 5.74) is 0.965. The molecule has 0 spiro atoms. The number of aromatic amines is 1. The van der Waals surface area contributed by atoms with Crippen LogP contribution in [-0.4, -0.2) is 37.6 Å². The fourth-order valence-corrected chi connectivity index (χ4v) is 5.40. The van der Waals surface area contributed by atoms with Crippen molar-refractivity contribution in [2.75, 3.05) is 13.9 Å². The van der Waals surface area contributed by atoms with Crippen molar-refractivity contribution in [1.29, 1.82) is 0 Å². The third kappa shape index (κ3) is 4.91. The Morgan fingerprint density at radius 1 is 1.00 bits per heavy atom. The molecule has 0 aliphatic carbocycles. The van der Waals surface area contributed by atoms with Crippen molar-refractivity contribution in [1.82, 2.24) is 9.29 Å². The van der Waals surface area contributed by atoms with Crippen LogP contribution in [0.25, 0.3) is 10.9 Å². The molecular weight excluding hydrogens is 503 g/mol. The molecule has 1 N–H and O–H groups in total. The SMILES string of the molecule is COC(=O)c1ccc(S(=O)(=O)N(Cc2ccc(F)cc2)Cc2cc3cc4c(cc3[nH]c2=O)OCO4)cc1. The Morgan fingerprint density at radius 3 is 2.35 bits per heavy atom. The van der Waals surface area contributed by atoms with Gasteiger partial charge in [0.1, 0.15) is 5.82 Å². The number of esters is 1. The molecule has 1 aromatic heterocycles. The van der Waals surface area contributed by atoms with E-state index in [4.69, 9.17) is 9.47 Å². The topological polar surface area (TPSA) is 115 Å². The van der Waals surface area contributed by atoms with Gasteiger partial charge < -0.3 is 19.2 Å². The second kappa shape index (κ2) is 9.68. The van der Waals surface area contributed by atoms with Gasteiger partial charge in [-0.15, -0.1) is 0 Å². The van der Waals surface area contributed by atoms with Crippen molar-refractivity contribution >= 4 is 26.9 Å². The number of halogens is 1. The number of methoxy groups -OCH3 is 1. The van der Waals surface area contributed by atoms with E-state index in [9.17, 15) is 22.4 Å². The number of aromatic nitrogens is 1. The van der Waals surface area contributed by atoms with Crippen molar-refractivity contribution in [3.8, 4) is 11.5 Å². The summed E-state index contributed by atoms with van der Waals surface area (Å²) in [5.74, 6) is -0.0317. The molecule has 0 radical (unpaired) electrons. The molecule has 0 atom stereocenters. The Balaban J connectivity index is 1.54. The Labute approximate surface area is 211 Å². The fourth-order valence-electron chi connectivity index (χ4n) is 4.00. The van der Waals surface area contributed by atoms with Gasteiger partial charge in [-0.2, -0.15) is 4.31 Å². The zero-order valence-corrected chi connectivity index (χ0v) is 20.4. The summed E-state index contributed by atoms with van der Waals surface area (Å²) in [6.45, 7) is -0.320. The number of pyridine rings is 1. The van der Waals surface area contributed by atoms with Gasteiger partial charge in [0.2, 0.25) is 16.8 Å². The summed E-state index contributed by atoms with van der Waals surface area (Å²) in [4.78, 5) is 27.4. The molecule has 0 unspecified atom stereocenters. The Kier molecular flexibility index (Phi) is 6.40. The molecule has 3 aromatic carbocycles. The maximum Gasteiger partial charge on any atom is 0.337 e. The van der Waals surface area contributed by atoms with E-state index in [1.165, 1.54) is 55.6 Å². The first-order valence-electron chi connectivity index (χ1n) is 11.1. The van der Waals surface area contributed by atoms with E-state index in [0.717, 1.165) is 4.31 Å². The molecule has 190 valence electrons. The molecular formula is C26H21FN2O7S. The van der Waals surface area contributed by atoms with Gasteiger partial charge in [-0.25, -0.2) is 17.6 Å². The lowest BCUT2D eigenvalue weighted by Crippen LogP contribution is -2.32. The van der Waals surface area contributed by atoms with Gasteiger partial charge in [-0.1, -0.05) is 12.1 Å². The van der Waals surface area contributed by atoms with Crippen LogP contribution in [0.2, 0.25) is 0 Å². The Hall–Kier alpha value is -4.22. The molecule has 1 aliphatic rings. The molecule has 0 fully saturated rings. The van der Waals surface area contributed by atoms with Gasteiger partial charge in [0.25, 0.3) is 5.56 Å². The van der Waals surface area contributed by atoms with Gasteiger partial charge in [0, 0.05) is 30.1 Å². The fraction of sp³-hybridized carbons (Fsp3) is 0.154. The molecule has 5 rings (SSSR count). The zero-order valence-electron chi connectivity index (χ0n) is 19.6. The number of benzene rings is 3. The molecule has 9 nitrogen and oxygen atoms in total. The van der Waals surface area contributed by atoms with Crippen molar-refractivity contribution < 1.29 is 31.8 Å². The lowest BCUT2D eigenvalue weighted by atomic mass is 10.1. The van der Waals surface area contributed by atoms with Gasteiger partial charge in [-0.05, 0) is 54.1 Å². The summed E-state index contributed by atoms with van der Waals surface area (Å²) < 4.78 is 57.4. The first kappa shape index (κ1) is 24.5. The van der Waals surface area contributed by atoms with Crippen molar-refractivity contribution in [2.45, 2.75) is 18.0 Å². The molecule has 0 amide bonds. The van der Waals surface area contributed by atoms with Gasteiger partial charge in [0.15, 0.2) is 11.5 Å². The van der Waals surface area contributed by atoms with E-state index in [1.807, 2.05) is 0 Å². The minimum Gasteiger partial charge on any atom is -0.465 e. The van der Waals surface area contributed by atoms with E-state index < -0.39 is 27.4 Å². The molecule has 0 bridgehead atoms. The Morgan fingerprint density at radius 2 is 1.68 bits per heavy atom. The number of nitrogens with one attached hydrogen (secondary N) is 1. The summed E-state index contributed by atoms with van der Waals surface area (Å²) in [5, 5.41) is 0.639. The van der Waals surface area contributed by atoms with Crippen molar-refractivity contribution in [2.24, 2.45) is 0 Å². The first-order chi connectivity index (χ1) is 17.7. The monoisotopic (exact) mass is 524 g/mol. The number of fused-ring (bicyclic) bond motifs is 2. The smallest absolute Gasteiger partial charge is 0.337 e. The number of nitrogens with zero attached hydrogens (tertiary/aromatic N) is 1. The average Bonchev–Trinajstić information content (AvgIpc) is 3.35. The number of rotatable bonds is 7. The van der Waals surface area contributed by atoms with Crippen LogP contribution in [-0.2, 0) is 27.8 Å². The van der Waals surface area contributed by atoms with Gasteiger partial charge in [-0.3, -0.25) is 4.79 Å². The maximum absolute atomic E-state index is 13.7. The predicted octanol–water partition coefficient (Wildman–Crippen LogP) is 3.57. The quantitative estimate of drug-likeness (QED) is 0.368. The minimum absolute atomic E-state index is 0.0706. The minimum atomic E-state index is -4.15. The highest BCUT2D eigenvalue weighted by molar-refractivity contribution is 7.89. The molecule has 11 heteroatoms. The molecule has 4 aromatic rings. The largest absolute Gasteiger partial charge is 0.465 e. The van der Waals surface area contributed by atoms with Crippen molar-refractivity contribution in [3.05, 3.63) is 99.6 Å². The average molecular weight is 525 g/mol. The summed E-state index contributed by atoms with van der Waals surface area (Å²) in [7, 11) is -2.92. The first-order valence-corrected chi connectivity index (χ1v) is 12.6. The zero-order chi connectivity index (χ0) is 26.2. The summed E-state index contributed by atoms with van der Waals surface area (Å²) >= 11 is 0. The van der Waals surface area contributed by atoms with Crippen LogP contribution in [0.1, 0.15) is 21.5 Å². The second-order valence-electron chi connectivity index (χ2n) is 8.33. The predicted molar refractivity (Wildman–Crippen MR) is 131 cm³/mol. The van der Waals surface area contributed by atoms with E-state index >= 15 is 0 Å². The number of H-pyrrole nitrogens is 1. The van der Waals surface area contributed by atoms with E-state index in [-0.39, 0.29) is 35.9 Å². The number of hydrogen-bond donors (Lipinski definition) is 1. The highest BCUT2D eigenvalue weighted by Gasteiger charge is 2.27. The van der Waals surface area contributed by atoms with Crippen LogP contribution in [0.15, 0.2) is 76.4 Å². The molecule has 37 heavy (non-hydrogen) atoms. The van der Waals surface area contributed by atoms with Crippen molar-refractivity contribution in [3.63, 3.8) is 0 Å². The lowest BCUT2D eigenvalue weighted by molar-refractivity contribution is 0.0600. The standard InChI is InChI=1S/C26H21FN2O7S/c1-34-26(31)17-4-8-21(9-5-17)37(32,33)29(13-16-2-6-20(27)7-3-16)14-19-10-18-11-23-24(36-15-35-23)12-22(18)28-25(19)30/h2-12H,13-15H2,1H3,(H,28,30). The summed E-state index contributed by atoms with van der Waals surface area (Å²) in [6, 6.07) is 15.7. The van der Waals surface area contributed by atoms with Crippen LogP contribution < -0.4 is 15.0 Å². The van der Waals surface area contributed by atoms with Crippen LogP contribution in [0.5, 0.6) is 11.5 Å².